The number of nitrogens with one attached hydrogen (secondary N) is 3. The fourth-order valence-electron chi connectivity index (χ4n) is 2.70. The van der Waals surface area contributed by atoms with E-state index in [2.05, 4.69) is 27.6 Å². The van der Waals surface area contributed by atoms with E-state index in [1.165, 1.54) is 18.2 Å². The predicted molar refractivity (Wildman–Crippen MR) is 126 cm³/mol. The Labute approximate surface area is 200 Å². The summed E-state index contributed by atoms with van der Waals surface area (Å²) >= 11 is 5.90. The summed E-state index contributed by atoms with van der Waals surface area (Å²) in [6, 6.07) is 6.30. The van der Waals surface area contributed by atoms with Gasteiger partial charge in [-0.3, -0.25) is 4.79 Å². The molecule has 7 nitrogen and oxygen atoms in total. The van der Waals surface area contributed by atoms with Crippen LogP contribution in [0.4, 0.5) is 13.2 Å². The van der Waals surface area contributed by atoms with Gasteiger partial charge in [-0.2, -0.15) is 4.99 Å². The van der Waals surface area contributed by atoms with Crippen molar-refractivity contribution in [2.24, 2.45) is 10.8 Å². The van der Waals surface area contributed by atoms with Crippen LogP contribution in [-0.2, 0) is 4.74 Å². The number of aliphatic imine (C=N–C) groups is 1. The molecule has 0 aliphatic heterocycles. The molecule has 11 heteroatoms. The van der Waals surface area contributed by atoms with Gasteiger partial charge >= 0.3 is 0 Å². The minimum Gasteiger partial charge on any atom is -0.380 e. The van der Waals surface area contributed by atoms with Crippen molar-refractivity contribution in [1.29, 1.82) is 0 Å². The predicted octanol–water partition coefficient (Wildman–Crippen LogP) is 3.88. The second kappa shape index (κ2) is 12.8. The van der Waals surface area contributed by atoms with E-state index >= 15 is 0 Å². The molecule has 0 bridgehead atoms. The molecule has 2 aromatic rings. The fraction of sp³-hybridized carbons (Fsp3) is 0.217. The van der Waals surface area contributed by atoms with Crippen molar-refractivity contribution in [2.75, 3.05) is 13.2 Å². The van der Waals surface area contributed by atoms with E-state index in [9.17, 15) is 18.0 Å². The summed E-state index contributed by atoms with van der Waals surface area (Å²) in [6.07, 6.45) is 1.44. The highest BCUT2D eigenvalue weighted by Gasteiger charge is 2.14. The number of benzene rings is 2. The third-order valence-electron chi connectivity index (χ3n) is 4.30. The van der Waals surface area contributed by atoms with E-state index in [0.717, 1.165) is 24.3 Å². The highest BCUT2D eigenvalue weighted by atomic mass is 35.5. The van der Waals surface area contributed by atoms with Crippen molar-refractivity contribution in [3.63, 3.8) is 0 Å². The Morgan fingerprint density at radius 3 is 2.56 bits per heavy atom. The number of amides is 1. The number of rotatable bonds is 9. The lowest BCUT2D eigenvalue weighted by Gasteiger charge is -2.19. The first-order chi connectivity index (χ1) is 16.1. The molecule has 34 heavy (non-hydrogen) atoms. The van der Waals surface area contributed by atoms with Crippen molar-refractivity contribution in [3.8, 4) is 0 Å². The van der Waals surface area contributed by atoms with Gasteiger partial charge in [0.05, 0.1) is 6.61 Å². The maximum Gasteiger partial charge on any atom is 0.280 e. The second-order valence-electron chi connectivity index (χ2n) is 7.11. The van der Waals surface area contributed by atoms with Crippen LogP contribution in [0.1, 0.15) is 29.8 Å². The van der Waals surface area contributed by atoms with Crippen LogP contribution in [-0.4, -0.2) is 31.1 Å². The van der Waals surface area contributed by atoms with Gasteiger partial charge in [0, 0.05) is 23.2 Å². The zero-order chi connectivity index (χ0) is 25.3. The van der Waals surface area contributed by atoms with Crippen LogP contribution in [0.3, 0.4) is 0 Å². The lowest BCUT2D eigenvalue weighted by molar-refractivity contribution is 0.100. The second-order valence-corrected chi connectivity index (χ2v) is 7.55. The fourth-order valence-corrected chi connectivity index (χ4v) is 2.92. The topological polar surface area (TPSA) is 101 Å². The maximum absolute atomic E-state index is 13.7. The van der Waals surface area contributed by atoms with Crippen molar-refractivity contribution >= 4 is 29.0 Å². The van der Waals surface area contributed by atoms with Gasteiger partial charge in [-0.1, -0.05) is 18.2 Å². The third kappa shape index (κ3) is 8.22. The number of ether oxygens (including phenoxy) is 1. The monoisotopic (exact) mass is 495 g/mol. The summed E-state index contributed by atoms with van der Waals surface area (Å²) in [4.78, 5) is 16.5. The molecule has 0 spiro atoms. The molecule has 0 radical (unpaired) electrons. The highest BCUT2D eigenvalue weighted by Crippen LogP contribution is 2.21. The van der Waals surface area contributed by atoms with Gasteiger partial charge in [-0.05, 0) is 67.5 Å². The molecular weight excluding hydrogens is 471 g/mol. The number of guanidine groups is 1. The molecule has 0 saturated carbocycles. The molecule has 1 atom stereocenters. The molecule has 182 valence electrons. The summed E-state index contributed by atoms with van der Waals surface area (Å²) < 4.78 is 45.8. The van der Waals surface area contributed by atoms with Crippen molar-refractivity contribution < 1.29 is 22.7 Å². The summed E-state index contributed by atoms with van der Waals surface area (Å²) in [5.74, 6) is 2.02. The zero-order valence-electron chi connectivity index (χ0n) is 18.6. The van der Waals surface area contributed by atoms with Gasteiger partial charge in [0.15, 0.2) is 11.6 Å². The van der Waals surface area contributed by atoms with Gasteiger partial charge in [0.2, 0.25) is 5.96 Å². The first-order valence-corrected chi connectivity index (χ1v) is 10.5. The average Bonchev–Trinajstić information content (AvgIpc) is 2.78. The molecule has 0 heterocycles. The van der Waals surface area contributed by atoms with Crippen molar-refractivity contribution in [3.05, 3.63) is 88.5 Å². The Morgan fingerprint density at radius 1 is 1.21 bits per heavy atom. The molecule has 0 aliphatic carbocycles. The zero-order valence-corrected chi connectivity index (χ0v) is 19.3. The number of carbonyl (C=O) groups is 1. The molecule has 0 unspecified atom stereocenters. The molecule has 0 fully saturated rings. The summed E-state index contributed by atoms with van der Waals surface area (Å²) in [7, 11) is 0. The van der Waals surface area contributed by atoms with E-state index in [0.29, 0.717) is 24.4 Å². The Bertz CT molecular complexity index is 1090. The van der Waals surface area contributed by atoms with Crippen LogP contribution >= 0.6 is 11.6 Å². The molecule has 0 saturated heterocycles. The SMILES string of the molecule is C=C(/C=C(\NN)N/C(=N\C(=O)c1ccc(F)c(F)c1)N[C@@H](C)COCC)c1cc(F)cc(Cl)c1. The van der Waals surface area contributed by atoms with Crippen LogP contribution in [0.5, 0.6) is 0 Å². The molecular formula is C23H25ClF3N5O2. The minimum atomic E-state index is -1.18. The first-order valence-electron chi connectivity index (χ1n) is 10.2. The molecule has 1 amide bonds. The van der Waals surface area contributed by atoms with Gasteiger partial charge in [-0.15, -0.1) is 0 Å². The normalized spacial score (nSPS) is 12.8. The van der Waals surface area contributed by atoms with Crippen LogP contribution in [0.25, 0.3) is 5.57 Å². The number of nitrogens with two attached hydrogens (primary N) is 1. The van der Waals surface area contributed by atoms with Gasteiger partial charge in [0.1, 0.15) is 11.6 Å². The third-order valence-corrected chi connectivity index (χ3v) is 4.51. The summed E-state index contributed by atoms with van der Waals surface area (Å²) in [5, 5.41) is 5.94. The number of nitrogens with zero attached hydrogens (tertiary/aromatic N) is 1. The Morgan fingerprint density at radius 2 is 1.94 bits per heavy atom. The molecule has 2 rings (SSSR count). The van der Waals surface area contributed by atoms with Crippen LogP contribution in [0, 0.1) is 17.5 Å². The van der Waals surface area contributed by atoms with E-state index in [-0.39, 0.29) is 28.4 Å². The lowest BCUT2D eigenvalue weighted by Crippen LogP contribution is -2.47. The number of hydrogen-bond acceptors (Lipinski definition) is 4. The Balaban J connectivity index is 2.33. The Kier molecular flexibility index (Phi) is 10.1. The van der Waals surface area contributed by atoms with E-state index in [4.69, 9.17) is 22.2 Å². The lowest BCUT2D eigenvalue weighted by atomic mass is 10.1. The smallest absolute Gasteiger partial charge is 0.280 e. The van der Waals surface area contributed by atoms with Crippen molar-refractivity contribution in [2.45, 2.75) is 19.9 Å². The van der Waals surface area contributed by atoms with Gasteiger partial charge < -0.3 is 20.8 Å². The minimum absolute atomic E-state index is 0.0591. The van der Waals surface area contributed by atoms with E-state index < -0.39 is 23.4 Å². The maximum atomic E-state index is 13.7. The molecule has 0 aliphatic rings. The van der Waals surface area contributed by atoms with Crippen LogP contribution in [0.15, 0.2) is 59.9 Å². The summed E-state index contributed by atoms with van der Waals surface area (Å²) in [6.45, 7) is 8.25. The number of allylic oxidation sites excluding steroid dienone is 2. The molecule has 0 aromatic heterocycles. The highest BCUT2D eigenvalue weighted by molar-refractivity contribution is 6.30. The number of carbonyl (C=O) groups excluding carboxylic acids is 1. The van der Waals surface area contributed by atoms with E-state index in [1.807, 2.05) is 6.92 Å². The van der Waals surface area contributed by atoms with Gasteiger partial charge in [-0.25, -0.2) is 19.0 Å². The van der Waals surface area contributed by atoms with Crippen molar-refractivity contribution in [1.82, 2.24) is 16.1 Å². The quantitative estimate of drug-likeness (QED) is 0.138. The standard InChI is InChI=1S/C23H25ClF3N5O2/c1-4-34-12-14(3)29-23(31-22(33)15-5-6-19(26)20(27)10-15)30-21(32-28)7-13(2)16-8-17(24)11-18(25)9-16/h5-11,14,32H,2,4,12,28H2,1,3H3,(H2,29,30,31,33)/b21-7-/t14-/m0/s1. The van der Waals surface area contributed by atoms with Crippen LogP contribution in [0.2, 0.25) is 5.02 Å². The summed E-state index contributed by atoms with van der Waals surface area (Å²) in [5.41, 5.74) is 2.97. The molecule has 2 aromatic carbocycles. The van der Waals surface area contributed by atoms with Gasteiger partial charge in [0.25, 0.3) is 5.91 Å². The number of hydrazine groups is 1. The first kappa shape index (κ1) is 26.9. The number of hydrogen-bond donors (Lipinski definition) is 4. The largest absolute Gasteiger partial charge is 0.380 e. The van der Waals surface area contributed by atoms with Crippen LogP contribution < -0.4 is 21.9 Å². The average molecular weight is 496 g/mol. The Hall–Kier alpha value is -3.34. The van der Waals surface area contributed by atoms with E-state index in [1.54, 1.807) is 6.92 Å². The number of halogens is 4. The molecule has 5 N–H and O–H groups in total.